The minimum Gasteiger partial charge on any atom is -0.289 e. The van der Waals surface area contributed by atoms with Gasteiger partial charge in [0.05, 0.1) is 0 Å². The Morgan fingerprint density at radius 2 is 1.61 bits per heavy atom. The van der Waals surface area contributed by atoms with Gasteiger partial charge >= 0.3 is 0 Å². The highest BCUT2D eigenvalue weighted by Crippen LogP contribution is 2.34. The molecule has 1 nitrogen and oxygen atoms in total. The Morgan fingerprint density at radius 3 is 2.44 bits per heavy atom. The normalized spacial score (nSPS) is 14.4. The van der Waals surface area contributed by atoms with Crippen molar-refractivity contribution in [2.45, 2.75) is 0 Å². The van der Waals surface area contributed by atoms with Crippen molar-refractivity contribution >= 4 is 29.1 Å². The molecule has 0 heterocycles. The van der Waals surface area contributed by atoms with Gasteiger partial charge in [-0.1, -0.05) is 48.5 Å². The Balaban J connectivity index is 1.78. The third-order valence-corrected chi connectivity index (χ3v) is 3.59. The van der Waals surface area contributed by atoms with Gasteiger partial charge in [-0.05, 0) is 33.7 Å². The van der Waals surface area contributed by atoms with Crippen LogP contribution in [0, 0.1) is 0 Å². The van der Waals surface area contributed by atoms with Crippen LogP contribution in [0.4, 0.5) is 0 Å². The number of carbonyl (C=O) groups excluding carboxylic acids is 1. The topological polar surface area (TPSA) is 17.1 Å². The fraction of sp³-hybridized carbons (Fsp3) is 0. The first kappa shape index (κ1) is 9.60. The van der Waals surface area contributed by atoms with E-state index >= 15 is 0 Å². The number of rotatable bonds is 2. The molecule has 0 N–H and O–H groups in total. The van der Waals surface area contributed by atoms with Crippen molar-refractivity contribution in [3.8, 4) is 0 Å². The predicted octanol–water partition coefficient (Wildman–Crippen LogP) is 1.75. The summed E-state index contributed by atoms with van der Waals surface area (Å²) in [4.78, 5) is 12.4. The zero-order chi connectivity index (χ0) is 12.1. The number of Topliss-reactive ketones (excluding diaryl/α,β-unsaturated/α-hetero) is 1. The van der Waals surface area contributed by atoms with Crippen molar-refractivity contribution in [2.75, 3.05) is 0 Å². The van der Waals surface area contributed by atoms with E-state index in [2.05, 4.69) is 0 Å². The Morgan fingerprint density at radius 1 is 0.833 bits per heavy atom. The summed E-state index contributed by atoms with van der Waals surface area (Å²) in [5.41, 5.74) is 3.92. The molecule has 0 atom stereocenters. The maximum Gasteiger partial charge on any atom is 0.194 e. The molecule has 0 unspecified atom stereocenters. The van der Waals surface area contributed by atoms with E-state index in [-0.39, 0.29) is 5.78 Å². The first-order valence-corrected chi connectivity index (χ1v) is 6.01. The molecule has 0 radical (unpaired) electrons. The summed E-state index contributed by atoms with van der Waals surface area (Å²) in [6.07, 6.45) is 3.94. The van der Waals surface area contributed by atoms with Gasteiger partial charge in [0, 0.05) is 11.1 Å². The zero-order valence-electron chi connectivity index (χ0n) is 9.68. The van der Waals surface area contributed by atoms with Crippen LogP contribution >= 0.6 is 0 Å². The van der Waals surface area contributed by atoms with E-state index in [1.807, 2.05) is 60.7 Å². The standard InChI is InChI=1S/C17H10O/c18-17(15-9-11-5-1-3-7-13(11)15)16-10-12-6-2-4-8-14(12)16/h1-10H. The van der Waals surface area contributed by atoms with Crippen LogP contribution in [-0.4, -0.2) is 5.78 Å². The number of fused-ring (bicyclic) bond motifs is 2. The molecule has 84 valence electrons. The lowest BCUT2D eigenvalue weighted by molar-refractivity contribution is -0.108. The van der Waals surface area contributed by atoms with Gasteiger partial charge in [0.1, 0.15) is 0 Å². The lowest BCUT2D eigenvalue weighted by Crippen LogP contribution is -2.37. The van der Waals surface area contributed by atoms with Crippen molar-refractivity contribution < 1.29 is 4.79 Å². The van der Waals surface area contributed by atoms with Crippen LogP contribution in [0.5, 0.6) is 0 Å². The lowest BCUT2D eigenvalue weighted by Gasteiger charge is -2.20. The summed E-state index contributed by atoms with van der Waals surface area (Å²) in [5.74, 6) is 0.146. The van der Waals surface area contributed by atoms with Crippen molar-refractivity contribution in [3.05, 3.63) is 70.1 Å². The molecule has 0 aromatic heterocycles. The van der Waals surface area contributed by atoms with E-state index < -0.39 is 0 Å². The summed E-state index contributed by atoms with van der Waals surface area (Å²) < 4.78 is 0. The summed E-state index contributed by atoms with van der Waals surface area (Å²) in [5, 5.41) is 2.24. The summed E-state index contributed by atoms with van der Waals surface area (Å²) in [7, 11) is 0. The van der Waals surface area contributed by atoms with Crippen LogP contribution in [0.25, 0.3) is 23.3 Å². The fourth-order valence-corrected chi connectivity index (χ4v) is 2.57. The molecule has 0 amide bonds. The van der Waals surface area contributed by atoms with Crippen LogP contribution in [-0.2, 0) is 4.79 Å². The quantitative estimate of drug-likeness (QED) is 0.768. The van der Waals surface area contributed by atoms with E-state index in [0.717, 1.165) is 32.7 Å². The zero-order valence-corrected chi connectivity index (χ0v) is 9.68. The van der Waals surface area contributed by atoms with Gasteiger partial charge in [0.2, 0.25) is 0 Å². The Bertz CT molecular complexity index is 838. The summed E-state index contributed by atoms with van der Waals surface area (Å²) >= 11 is 0. The molecule has 0 spiro atoms. The smallest absolute Gasteiger partial charge is 0.194 e. The molecule has 1 heteroatoms. The molecule has 2 aromatic rings. The second kappa shape index (κ2) is 3.30. The average molecular weight is 230 g/mol. The third kappa shape index (κ3) is 1.13. The van der Waals surface area contributed by atoms with Gasteiger partial charge in [-0.25, -0.2) is 0 Å². The molecule has 0 bridgehead atoms. The molecule has 4 rings (SSSR count). The molecule has 0 saturated heterocycles. The largest absolute Gasteiger partial charge is 0.289 e. The van der Waals surface area contributed by atoms with Crippen LogP contribution in [0.3, 0.4) is 0 Å². The number of benzene rings is 2. The molecular weight excluding hydrogens is 220 g/mol. The van der Waals surface area contributed by atoms with E-state index in [1.54, 1.807) is 0 Å². The Kier molecular flexibility index (Phi) is 1.76. The third-order valence-electron chi connectivity index (χ3n) is 3.59. The highest BCUT2D eigenvalue weighted by atomic mass is 16.1. The number of hydrogen-bond donors (Lipinski definition) is 0. The van der Waals surface area contributed by atoms with E-state index in [4.69, 9.17) is 0 Å². The molecule has 2 aromatic carbocycles. The minimum atomic E-state index is 0.146. The van der Waals surface area contributed by atoms with Crippen molar-refractivity contribution in [1.29, 1.82) is 0 Å². The van der Waals surface area contributed by atoms with Gasteiger partial charge in [-0.2, -0.15) is 0 Å². The van der Waals surface area contributed by atoms with Gasteiger partial charge in [-0.15, -0.1) is 0 Å². The van der Waals surface area contributed by atoms with Gasteiger partial charge in [-0.3, -0.25) is 4.79 Å². The number of hydrogen-bond acceptors (Lipinski definition) is 1. The highest BCUT2D eigenvalue weighted by molar-refractivity contribution is 6.49. The second-order valence-corrected chi connectivity index (χ2v) is 4.62. The molecule has 0 fully saturated rings. The van der Waals surface area contributed by atoms with Crippen LogP contribution in [0.2, 0.25) is 0 Å². The molecule has 18 heavy (non-hydrogen) atoms. The van der Waals surface area contributed by atoms with Crippen molar-refractivity contribution in [2.24, 2.45) is 0 Å². The molecular formula is C17H10O. The number of carbonyl (C=O) groups is 1. The van der Waals surface area contributed by atoms with Crippen LogP contribution in [0.1, 0.15) is 11.1 Å². The summed E-state index contributed by atoms with van der Waals surface area (Å²) in [6.45, 7) is 0. The minimum absolute atomic E-state index is 0.146. The monoisotopic (exact) mass is 230 g/mol. The molecule has 0 aliphatic heterocycles. The first-order chi connectivity index (χ1) is 8.84. The average Bonchev–Trinajstić information content (AvgIpc) is 2.32. The predicted molar refractivity (Wildman–Crippen MR) is 72.9 cm³/mol. The van der Waals surface area contributed by atoms with E-state index in [9.17, 15) is 4.79 Å². The van der Waals surface area contributed by atoms with Crippen molar-refractivity contribution in [1.82, 2.24) is 0 Å². The SMILES string of the molecule is O=C(C1=Cc2ccccc21)C1=c2ccccc2=C1. The number of allylic oxidation sites excluding steroid dienone is 1. The fourth-order valence-electron chi connectivity index (χ4n) is 2.57. The first-order valence-electron chi connectivity index (χ1n) is 6.01. The van der Waals surface area contributed by atoms with Gasteiger partial charge in [0.25, 0.3) is 0 Å². The summed E-state index contributed by atoms with van der Waals surface area (Å²) in [6, 6.07) is 16.0. The Hall–Kier alpha value is -2.41. The van der Waals surface area contributed by atoms with Crippen molar-refractivity contribution in [3.63, 3.8) is 0 Å². The lowest BCUT2D eigenvalue weighted by atomic mass is 9.81. The van der Waals surface area contributed by atoms with Crippen LogP contribution in [0.15, 0.2) is 48.5 Å². The highest BCUT2D eigenvalue weighted by Gasteiger charge is 2.25. The van der Waals surface area contributed by atoms with E-state index in [1.165, 1.54) is 0 Å². The second-order valence-electron chi connectivity index (χ2n) is 4.62. The van der Waals surface area contributed by atoms with Gasteiger partial charge in [0.15, 0.2) is 5.78 Å². The van der Waals surface area contributed by atoms with E-state index in [0.29, 0.717) is 0 Å². The maximum absolute atomic E-state index is 12.4. The van der Waals surface area contributed by atoms with Gasteiger partial charge < -0.3 is 0 Å². The number of ketones is 1. The maximum atomic E-state index is 12.4. The molecule has 0 saturated carbocycles. The van der Waals surface area contributed by atoms with Crippen LogP contribution < -0.4 is 10.4 Å². The Labute approximate surface area is 104 Å². The molecule has 2 aliphatic rings. The molecule has 2 aliphatic carbocycles.